The van der Waals surface area contributed by atoms with E-state index in [1.165, 1.54) is 7.11 Å². The first kappa shape index (κ1) is 14.2. The van der Waals surface area contributed by atoms with E-state index >= 15 is 0 Å². The summed E-state index contributed by atoms with van der Waals surface area (Å²) in [5.41, 5.74) is 0.865. The van der Waals surface area contributed by atoms with Crippen molar-refractivity contribution in [2.45, 2.75) is 18.0 Å². The number of aliphatic hydroxyl groups is 1. The van der Waals surface area contributed by atoms with Crippen LogP contribution >= 0.6 is 11.8 Å². The van der Waals surface area contributed by atoms with Gasteiger partial charge in [-0.15, -0.1) is 0 Å². The lowest BCUT2D eigenvalue weighted by Gasteiger charge is -2.13. The molecule has 0 saturated carbocycles. The molecule has 0 aliphatic rings. The number of hydrogen-bond acceptors (Lipinski definition) is 3. The average Bonchev–Trinajstić information content (AvgIpc) is 2.28. The molecule has 2 nitrogen and oxygen atoms in total. The van der Waals surface area contributed by atoms with E-state index < -0.39 is 12.3 Å². The normalized spacial score (nSPS) is 13.5. The standard InChI is InChI=1S/C11H13F3O2S/c1-16-9-4-2-3-8(5-9)6-17-7-10(15)11(12,13)14/h2-5,10,15H,6-7H2,1H3. The fourth-order valence-corrected chi connectivity index (χ4v) is 2.09. The molecule has 6 heteroatoms. The Hall–Kier alpha value is -0.880. The van der Waals surface area contributed by atoms with Crippen molar-refractivity contribution >= 4 is 11.8 Å². The summed E-state index contributed by atoms with van der Waals surface area (Å²) in [5, 5.41) is 8.79. The maximum absolute atomic E-state index is 12.0. The fraction of sp³-hybridized carbons (Fsp3) is 0.455. The summed E-state index contributed by atoms with van der Waals surface area (Å²) in [6.07, 6.45) is -6.81. The molecule has 0 bridgehead atoms. The Labute approximate surface area is 102 Å². The summed E-state index contributed by atoms with van der Waals surface area (Å²) < 4.78 is 41.0. The third-order valence-corrected chi connectivity index (χ3v) is 3.15. The number of methoxy groups -OCH3 is 1. The molecular formula is C11H13F3O2S. The first-order valence-corrected chi connectivity index (χ1v) is 6.04. The highest BCUT2D eigenvalue weighted by Gasteiger charge is 2.37. The first-order valence-electron chi connectivity index (χ1n) is 4.89. The maximum Gasteiger partial charge on any atom is 0.415 e. The molecule has 1 aromatic rings. The molecule has 0 aliphatic carbocycles. The Balaban J connectivity index is 2.40. The highest BCUT2D eigenvalue weighted by molar-refractivity contribution is 7.98. The summed E-state index contributed by atoms with van der Waals surface area (Å²) in [6, 6.07) is 7.09. The van der Waals surface area contributed by atoms with Gasteiger partial charge in [0.25, 0.3) is 0 Å². The van der Waals surface area contributed by atoms with Crippen LogP contribution in [0.3, 0.4) is 0 Å². The Morgan fingerprint density at radius 1 is 1.41 bits per heavy atom. The highest BCUT2D eigenvalue weighted by atomic mass is 32.2. The quantitative estimate of drug-likeness (QED) is 0.888. The third kappa shape index (κ3) is 4.87. The van der Waals surface area contributed by atoms with Crippen LogP contribution in [0.15, 0.2) is 24.3 Å². The van der Waals surface area contributed by atoms with Crippen LogP contribution < -0.4 is 4.74 Å². The molecule has 0 fully saturated rings. The smallest absolute Gasteiger partial charge is 0.415 e. The van der Waals surface area contributed by atoms with E-state index in [4.69, 9.17) is 9.84 Å². The van der Waals surface area contributed by atoms with Crippen LogP contribution in [0.25, 0.3) is 0 Å². The van der Waals surface area contributed by atoms with Gasteiger partial charge in [0.05, 0.1) is 7.11 Å². The molecule has 0 saturated heterocycles. The number of rotatable bonds is 5. The van der Waals surface area contributed by atoms with Gasteiger partial charge in [0.1, 0.15) is 5.75 Å². The van der Waals surface area contributed by atoms with Gasteiger partial charge < -0.3 is 9.84 Å². The van der Waals surface area contributed by atoms with Crippen LogP contribution in [-0.2, 0) is 5.75 Å². The maximum atomic E-state index is 12.0. The van der Waals surface area contributed by atoms with Gasteiger partial charge in [-0.3, -0.25) is 0 Å². The van der Waals surface area contributed by atoms with Crippen LogP contribution in [0.1, 0.15) is 5.56 Å². The van der Waals surface area contributed by atoms with Crippen LogP contribution in [-0.4, -0.2) is 30.2 Å². The largest absolute Gasteiger partial charge is 0.497 e. The molecule has 0 heterocycles. The fourth-order valence-electron chi connectivity index (χ4n) is 1.15. The monoisotopic (exact) mass is 266 g/mol. The SMILES string of the molecule is COc1cccc(CSCC(O)C(F)(F)F)c1. The van der Waals surface area contributed by atoms with Gasteiger partial charge in [0.2, 0.25) is 0 Å². The van der Waals surface area contributed by atoms with Crippen molar-refractivity contribution in [1.29, 1.82) is 0 Å². The van der Waals surface area contributed by atoms with E-state index in [2.05, 4.69) is 0 Å². The van der Waals surface area contributed by atoms with Gasteiger partial charge in [-0.05, 0) is 17.7 Å². The number of thioether (sulfide) groups is 1. The number of benzene rings is 1. The molecular weight excluding hydrogens is 253 g/mol. The summed E-state index contributed by atoms with van der Waals surface area (Å²) in [6.45, 7) is 0. The van der Waals surface area contributed by atoms with Crippen LogP contribution in [0.2, 0.25) is 0 Å². The molecule has 0 aliphatic heterocycles. The Bertz CT molecular complexity index is 355. The molecule has 0 aromatic heterocycles. The number of hydrogen-bond donors (Lipinski definition) is 1. The van der Waals surface area contributed by atoms with Gasteiger partial charge in [-0.25, -0.2) is 0 Å². The summed E-state index contributed by atoms with van der Waals surface area (Å²) in [5.74, 6) is 0.713. The second-order valence-electron chi connectivity index (χ2n) is 3.42. The minimum atomic E-state index is -4.54. The van der Waals surface area contributed by atoms with E-state index in [0.717, 1.165) is 17.3 Å². The molecule has 0 amide bonds. The van der Waals surface area contributed by atoms with Gasteiger partial charge in [-0.1, -0.05) is 12.1 Å². The van der Waals surface area contributed by atoms with Crippen LogP contribution in [0, 0.1) is 0 Å². The predicted octanol–water partition coefficient (Wildman–Crippen LogP) is 2.85. The van der Waals surface area contributed by atoms with Crippen LogP contribution in [0.5, 0.6) is 5.75 Å². The lowest BCUT2D eigenvalue weighted by Crippen LogP contribution is -2.30. The second-order valence-corrected chi connectivity index (χ2v) is 4.45. The molecule has 1 N–H and O–H groups in total. The minimum Gasteiger partial charge on any atom is -0.497 e. The Morgan fingerprint density at radius 3 is 2.71 bits per heavy atom. The molecule has 17 heavy (non-hydrogen) atoms. The van der Waals surface area contributed by atoms with E-state index in [1.807, 2.05) is 0 Å². The van der Waals surface area contributed by atoms with Crippen molar-refractivity contribution < 1.29 is 23.0 Å². The molecule has 1 rings (SSSR count). The summed E-state index contributed by atoms with van der Waals surface area (Å²) >= 11 is 1.03. The summed E-state index contributed by atoms with van der Waals surface area (Å²) in [7, 11) is 1.53. The van der Waals surface area contributed by atoms with Crippen molar-refractivity contribution in [3.8, 4) is 5.75 Å². The molecule has 0 radical (unpaired) electrons. The lowest BCUT2D eigenvalue weighted by atomic mass is 10.2. The molecule has 1 unspecified atom stereocenters. The van der Waals surface area contributed by atoms with E-state index in [1.54, 1.807) is 24.3 Å². The Kier molecular flexibility index (Phi) is 5.14. The number of halogens is 3. The zero-order chi connectivity index (χ0) is 12.9. The van der Waals surface area contributed by atoms with Gasteiger partial charge in [-0.2, -0.15) is 24.9 Å². The van der Waals surface area contributed by atoms with Gasteiger partial charge in [0, 0.05) is 11.5 Å². The van der Waals surface area contributed by atoms with E-state index in [-0.39, 0.29) is 5.75 Å². The van der Waals surface area contributed by atoms with Gasteiger partial charge in [0.15, 0.2) is 6.10 Å². The Morgan fingerprint density at radius 2 is 2.12 bits per heavy atom. The van der Waals surface area contributed by atoms with E-state index in [0.29, 0.717) is 11.5 Å². The average molecular weight is 266 g/mol. The molecule has 0 spiro atoms. The number of ether oxygens (including phenoxy) is 1. The van der Waals surface area contributed by atoms with Crippen molar-refractivity contribution in [2.75, 3.05) is 12.9 Å². The second kappa shape index (κ2) is 6.16. The van der Waals surface area contributed by atoms with Crippen LogP contribution in [0.4, 0.5) is 13.2 Å². The summed E-state index contributed by atoms with van der Waals surface area (Å²) in [4.78, 5) is 0. The first-order chi connectivity index (χ1) is 7.93. The highest BCUT2D eigenvalue weighted by Crippen LogP contribution is 2.25. The van der Waals surface area contributed by atoms with Crippen molar-refractivity contribution in [3.63, 3.8) is 0 Å². The number of alkyl halides is 3. The van der Waals surface area contributed by atoms with Crippen molar-refractivity contribution in [2.24, 2.45) is 0 Å². The topological polar surface area (TPSA) is 29.5 Å². The van der Waals surface area contributed by atoms with E-state index in [9.17, 15) is 13.2 Å². The van der Waals surface area contributed by atoms with Gasteiger partial charge >= 0.3 is 6.18 Å². The minimum absolute atomic E-state index is 0.360. The predicted molar refractivity (Wildman–Crippen MR) is 61.2 cm³/mol. The van der Waals surface area contributed by atoms with Crippen molar-refractivity contribution in [1.82, 2.24) is 0 Å². The number of aliphatic hydroxyl groups excluding tert-OH is 1. The molecule has 1 aromatic carbocycles. The van der Waals surface area contributed by atoms with Crippen molar-refractivity contribution in [3.05, 3.63) is 29.8 Å². The molecule has 1 atom stereocenters. The third-order valence-electron chi connectivity index (χ3n) is 2.06. The zero-order valence-electron chi connectivity index (χ0n) is 9.20. The lowest BCUT2D eigenvalue weighted by molar-refractivity contribution is -0.195. The zero-order valence-corrected chi connectivity index (χ0v) is 10.0. The molecule has 96 valence electrons.